The molecule has 0 rings (SSSR count). The monoisotopic (exact) mass is 177 g/mol. The highest BCUT2D eigenvalue weighted by molar-refractivity contribution is 5.20. The molecule has 0 bridgehead atoms. The zero-order valence-corrected chi connectivity index (χ0v) is 8.59. The van der Waals surface area contributed by atoms with E-state index in [0.717, 1.165) is 12.0 Å². The highest BCUT2D eigenvalue weighted by atomic mass is 14.6. The third-order valence-electron chi connectivity index (χ3n) is 1.90. The summed E-state index contributed by atoms with van der Waals surface area (Å²) in [5, 5.41) is 0. The Bertz CT molecular complexity index is 234. The summed E-state index contributed by atoms with van der Waals surface area (Å²) in [6, 6.07) is -0.0251. The van der Waals surface area contributed by atoms with Crippen LogP contribution in [0.1, 0.15) is 20.3 Å². The molecule has 0 amide bonds. The molecule has 1 unspecified atom stereocenters. The number of hydrogen-bond donors (Lipinski definition) is 1. The predicted octanol–water partition coefficient (Wildman–Crippen LogP) is 2.97. The SMILES string of the molecule is C=C/C(=C\C)C/C=C\C(N)C(=C)C. The molecule has 0 aromatic rings. The van der Waals surface area contributed by atoms with Crippen LogP contribution >= 0.6 is 0 Å². The van der Waals surface area contributed by atoms with E-state index in [-0.39, 0.29) is 6.04 Å². The lowest BCUT2D eigenvalue weighted by Gasteiger charge is -2.04. The van der Waals surface area contributed by atoms with Crippen molar-refractivity contribution in [2.75, 3.05) is 0 Å². The van der Waals surface area contributed by atoms with Crippen LogP contribution < -0.4 is 5.73 Å². The van der Waals surface area contributed by atoms with Crippen molar-refractivity contribution in [2.45, 2.75) is 26.3 Å². The van der Waals surface area contributed by atoms with Gasteiger partial charge in [-0.05, 0) is 25.8 Å². The Morgan fingerprint density at radius 2 is 2.15 bits per heavy atom. The van der Waals surface area contributed by atoms with Crippen LogP contribution in [0.2, 0.25) is 0 Å². The van der Waals surface area contributed by atoms with E-state index >= 15 is 0 Å². The van der Waals surface area contributed by atoms with Gasteiger partial charge in [0, 0.05) is 6.04 Å². The molecular formula is C12H19N. The maximum Gasteiger partial charge on any atom is 0.0435 e. The van der Waals surface area contributed by atoms with Crippen LogP contribution in [-0.4, -0.2) is 6.04 Å². The van der Waals surface area contributed by atoms with E-state index in [1.807, 2.05) is 32.1 Å². The molecule has 0 heterocycles. The predicted molar refractivity (Wildman–Crippen MR) is 60.5 cm³/mol. The fraction of sp³-hybridized carbons (Fsp3) is 0.333. The lowest BCUT2D eigenvalue weighted by atomic mass is 10.1. The smallest absolute Gasteiger partial charge is 0.0435 e. The zero-order valence-electron chi connectivity index (χ0n) is 8.59. The molecule has 0 spiro atoms. The molecule has 13 heavy (non-hydrogen) atoms. The van der Waals surface area contributed by atoms with Gasteiger partial charge >= 0.3 is 0 Å². The Morgan fingerprint density at radius 1 is 1.54 bits per heavy atom. The van der Waals surface area contributed by atoms with Gasteiger partial charge in [-0.3, -0.25) is 0 Å². The van der Waals surface area contributed by atoms with Crippen LogP contribution in [0.3, 0.4) is 0 Å². The van der Waals surface area contributed by atoms with E-state index in [1.54, 1.807) is 0 Å². The quantitative estimate of drug-likeness (QED) is 0.507. The fourth-order valence-corrected chi connectivity index (χ4v) is 0.834. The van der Waals surface area contributed by atoms with Crippen molar-refractivity contribution < 1.29 is 0 Å². The summed E-state index contributed by atoms with van der Waals surface area (Å²) in [5.41, 5.74) is 7.95. The average Bonchev–Trinajstić information content (AvgIpc) is 2.12. The number of hydrogen-bond acceptors (Lipinski definition) is 1. The molecule has 0 aliphatic heterocycles. The molecule has 2 N–H and O–H groups in total. The Kier molecular flexibility index (Phi) is 5.90. The standard InChI is InChI=1S/C12H19N/c1-5-11(6-2)8-7-9-12(13)10(3)4/h5-7,9,12H,1,3,8,13H2,2,4H3/b9-7-,11-6+. The van der Waals surface area contributed by atoms with E-state index in [9.17, 15) is 0 Å². The van der Waals surface area contributed by atoms with E-state index in [0.29, 0.717) is 0 Å². The van der Waals surface area contributed by atoms with Gasteiger partial charge in [0.15, 0.2) is 0 Å². The summed E-state index contributed by atoms with van der Waals surface area (Å²) in [5.74, 6) is 0. The first-order valence-corrected chi connectivity index (χ1v) is 4.47. The molecule has 0 aromatic heterocycles. The van der Waals surface area contributed by atoms with Crippen molar-refractivity contribution >= 4 is 0 Å². The summed E-state index contributed by atoms with van der Waals surface area (Å²) in [4.78, 5) is 0. The lowest BCUT2D eigenvalue weighted by molar-refractivity contribution is 0.948. The van der Waals surface area contributed by atoms with Crippen LogP contribution in [0.4, 0.5) is 0 Å². The van der Waals surface area contributed by atoms with Crippen molar-refractivity contribution in [3.63, 3.8) is 0 Å². The Labute approximate surface area is 81.3 Å². The minimum Gasteiger partial charge on any atom is -0.321 e. The first-order valence-electron chi connectivity index (χ1n) is 4.47. The van der Waals surface area contributed by atoms with Crippen molar-refractivity contribution in [1.29, 1.82) is 0 Å². The average molecular weight is 177 g/mol. The van der Waals surface area contributed by atoms with Crippen LogP contribution in [0, 0.1) is 0 Å². The first-order chi connectivity index (χ1) is 6.11. The molecule has 0 saturated carbocycles. The number of rotatable bonds is 5. The molecular weight excluding hydrogens is 158 g/mol. The molecule has 1 nitrogen and oxygen atoms in total. The summed E-state index contributed by atoms with van der Waals surface area (Å²) < 4.78 is 0. The van der Waals surface area contributed by atoms with Crippen molar-refractivity contribution in [3.05, 3.63) is 48.6 Å². The highest BCUT2D eigenvalue weighted by Crippen LogP contribution is 2.04. The van der Waals surface area contributed by atoms with Gasteiger partial charge in [0.05, 0.1) is 0 Å². The topological polar surface area (TPSA) is 26.0 Å². The van der Waals surface area contributed by atoms with Crippen LogP contribution in [-0.2, 0) is 0 Å². The molecule has 0 saturated heterocycles. The zero-order chi connectivity index (χ0) is 10.3. The Balaban J connectivity index is 4.01. The van der Waals surface area contributed by atoms with E-state index < -0.39 is 0 Å². The summed E-state index contributed by atoms with van der Waals surface area (Å²) in [6.07, 6.45) is 8.81. The molecule has 1 atom stereocenters. The maximum atomic E-state index is 5.75. The minimum atomic E-state index is -0.0251. The summed E-state index contributed by atoms with van der Waals surface area (Å²) in [7, 11) is 0. The van der Waals surface area contributed by atoms with Crippen LogP contribution in [0.15, 0.2) is 48.6 Å². The molecule has 1 heteroatoms. The largest absolute Gasteiger partial charge is 0.321 e. The van der Waals surface area contributed by atoms with Crippen LogP contribution in [0.25, 0.3) is 0 Å². The van der Waals surface area contributed by atoms with Gasteiger partial charge < -0.3 is 5.73 Å². The molecule has 0 aromatic carbocycles. The summed E-state index contributed by atoms with van der Waals surface area (Å²) >= 11 is 0. The number of allylic oxidation sites excluding steroid dienone is 4. The van der Waals surface area contributed by atoms with E-state index in [1.165, 1.54) is 5.57 Å². The lowest BCUT2D eigenvalue weighted by Crippen LogP contribution is -2.17. The van der Waals surface area contributed by atoms with E-state index in [2.05, 4.69) is 19.2 Å². The molecule has 0 fully saturated rings. The fourth-order valence-electron chi connectivity index (χ4n) is 0.834. The molecule has 0 aliphatic rings. The van der Waals surface area contributed by atoms with Gasteiger partial charge in [-0.25, -0.2) is 0 Å². The maximum absolute atomic E-state index is 5.75. The second kappa shape index (κ2) is 6.44. The molecule has 0 aliphatic carbocycles. The van der Waals surface area contributed by atoms with Gasteiger partial charge in [-0.2, -0.15) is 0 Å². The third kappa shape index (κ3) is 5.21. The second-order valence-electron chi connectivity index (χ2n) is 3.07. The second-order valence-corrected chi connectivity index (χ2v) is 3.07. The number of nitrogens with two attached hydrogens (primary N) is 1. The van der Waals surface area contributed by atoms with Crippen LogP contribution in [0.5, 0.6) is 0 Å². The van der Waals surface area contributed by atoms with Gasteiger partial charge in [0.2, 0.25) is 0 Å². The minimum absolute atomic E-state index is 0.0251. The van der Waals surface area contributed by atoms with E-state index in [4.69, 9.17) is 5.73 Å². The normalized spacial score (nSPS) is 14.5. The van der Waals surface area contributed by atoms with Gasteiger partial charge in [0.1, 0.15) is 0 Å². The van der Waals surface area contributed by atoms with Gasteiger partial charge in [-0.1, -0.05) is 43.0 Å². The van der Waals surface area contributed by atoms with Crippen molar-refractivity contribution in [3.8, 4) is 0 Å². The first kappa shape index (κ1) is 11.9. The molecule has 72 valence electrons. The van der Waals surface area contributed by atoms with Gasteiger partial charge in [0.25, 0.3) is 0 Å². The Morgan fingerprint density at radius 3 is 2.54 bits per heavy atom. The third-order valence-corrected chi connectivity index (χ3v) is 1.90. The Hall–Kier alpha value is -1.08. The molecule has 0 radical (unpaired) electrons. The van der Waals surface area contributed by atoms with Gasteiger partial charge in [-0.15, -0.1) is 0 Å². The van der Waals surface area contributed by atoms with Crippen molar-refractivity contribution in [2.24, 2.45) is 5.73 Å². The van der Waals surface area contributed by atoms with Crippen molar-refractivity contribution in [1.82, 2.24) is 0 Å². The summed E-state index contributed by atoms with van der Waals surface area (Å²) in [6.45, 7) is 11.4. The highest BCUT2D eigenvalue weighted by Gasteiger charge is 1.95.